The second-order valence-corrected chi connectivity index (χ2v) is 5.30. The number of nitrogens with one attached hydrogen (secondary N) is 1. The summed E-state index contributed by atoms with van der Waals surface area (Å²) in [6, 6.07) is 6.77. The monoisotopic (exact) mass is 261 g/mol. The first-order valence-corrected chi connectivity index (χ1v) is 7.00. The number of hydrogen-bond acceptors (Lipinski definition) is 4. The molecular weight excluding hydrogens is 242 g/mol. The molecule has 1 heterocycles. The molecule has 2 aromatic rings. The van der Waals surface area contributed by atoms with Gasteiger partial charge in [-0.3, -0.25) is 0 Å². The van der Waals surface area contributed by atoms with E-state index in [1.54, 1.807) is 0 Å². The van der Waals surface area contributed by atoms with Crippen molar-refractivity contribution in [2.24, 2.45) is 0 Å². The predicted octanol–water partition coefficient (Wildman–Crippen LogP) is 3.03. The molecule has 0 bridgehead atoms. The maximum Gasteiger partial charge on any atom is 0.0804 e. The standard InChI is InChI=1S/C14H19N3S/c1-5-12-14(18-17-16-12)13(15-4)11-8-9(2)6-7-10(11)3/h6-8,13,15H,5H2,1-4H3. The van der Waals surface area contributed by atoms with Gasteiger partial charge in [0.15, 0.2) is 0 Å². The predicted molar refractivity (Wildman–Crippen MR) is 76.1 cm³/mol. The number of nitrogens with zero attached hydrogens (tertiary/aromatic N) is 2. The molecule has 0 fully saturated rings. The summed E-state index contributed by atoms with van der Waals surface area (Å²) in [6.07, 6.45) is 0.925. The Kier molecular flexibility index (Phi) is 4.09. The van der Waals surface area contributed by atoms with Crippen molar-refractivity contribution in [2.75, 3.05) is 7.05 Å². The average molecular weight is 261 g/mol. The zero-order valence-electron chi connectivity index (χ0n) is 11.3. The molecule has 1 atom stereocenters. The maximum absolute atomic E-state index is 4.21. The van der Waals surface area contributed by atoms with E-state index in [0.29, 0.717) is 0 Å². The smallest absolute Gasteiger partial charge is 0.0804 e. The molecule has 4 heteroatoms. The minimum absolute atomic E-state index is 0.194. The van der Waals surface area contributed by atoms with Crippen molar-refractivity contribution < 1.29 is 0 Å². The number of hydrogen-bond donors (Lipinski definition) is 1. The molecule has 1 aromatic heterocycles. The number of aromatic nitrogens is 2. The van der Waals surface area contributed by atoms with Gasteiger partial charge in [-0.05, 0) is 50.0 Å². The van der Waals surface area contributed by atoms with Crippen LogP contribution in [0.25, 0.3) is 0 Å². The zero-order chi connectivity index (χ0) is 13.1. The van der Waals surface area contributed by atoms with Gasteiger partial charge in [-0.25, -0.2) is 0 Å². The highest BCUT2D eigenvalue weighted by molar-refractivity contribution is 7.05. The van der Waals surface area contributed by atoms with E-state index in [1.807, 2.05) is 7.05 Å². The summed E-state index contributed by atoms with van der Waals surface area (Å²) in [5, 5.41) is 7.60. The SMILES string of the molecule is CCc1nnsc1C(NC)c1cc(C)ccc1C. The Morgan fingerprint density at radius 1 is 1.33 bits per heavy atom. The molecule has 0 aliphatic carbocycles. The van der Waals surface area contributed by atoms with E-state index in [0.717, 1.165) is 12.1 Å². The second-order valence-electron chi connectivity index (χ2n) is 4.52. The van der Waals surface area contributed by atoms with Crippen molar-refractivity contribution in [2.45, 2.75) is 33.2 Å². The molecule has 0 saturated heterocycles. The first-order valence-electron chi connectivity index (χ1n) is 6.23. The van der Waals surface area contributed by atoms with Crippen molar-refractivity contribution in [1.29, 1.82) is 0 Å². The molecule has 0 amide bonds. The van der Waals surface area contributed by atoms with E-state index < -0.39 is 0 Å². The van der Waals surface area contributed by atoms with Crippen LogP contribution < -0.4 is 5.32 Å². The van der Waals surface area contributed by atoms with Crippen molar-refractivity contribution in [3.05, 3.63) is 45.5 Å². The summed E-state index contributed by atoms with van der Waals surface area (Å²) in [5.41, 5.74) is 5.00. The molecule has 0 radical (unpaired) electrons. The lowest BCUT2D eigenvalue weighted by atomic mass is 9.97. The first kappa shape index (κ1) is 13.2. The van der Waals surface area contributed by atoms with Crippen LogP contribution in [-0.4, -0.2) is 16.6 Å². The fourth-order valence-electron chi connectivity index (χ4n) is 2.18. The van der Waals surface area contributed by atoms with Gasteiger partial charge in [-0.2, -0.15) is 0 Å². The highest BCUT2D eigenvalue weighted by Gasteiger charge is 2.20. The van der Waals surface area contributed by atoms with E-state index in [-0.39, 0.29) is 6.04 Å². The molecular formula is C14H19N3S. The van der Waals surface area contributed by atoms with Gasteiger partial charge < -0.3 is 5.32 Å². The van der Waals surface area contributed by atoms with Crippen LogP contribution in [0.2, 0.25) is 0 Å². The van der Waals surface area contributed by atoms with Gasteiger partial charge in [0, 0.05) is 0 Å². The lowest BCUT2D eigenvalue weighted by Gasteiger charge is -2.18. The minimum Gasteiger partial charge on any atom is -0.309 e. The Bertz CT molecular complexity index is 534. The first-order chi connectivity index (χ1) is 8.67. The third-order valence-electron chi connectivity index (χ3n) is 3.22. The summed E-state index contributed by atoms with van der Waals surface area (Å²) in [7, 11) is 1.99. The van der Waals surface area contributed by atoms with E-state index in [2.05, 4.69) is 53.9 Å². The molecule has 2 rings (SSSR count). The Labute approximate surface area is 112 Å². The number of aryl methyl sites for hydroxylation is 3. The highest BCUT2D eigenvalue weighted by Crippen LogP contribution is 2.29. The number of benzene rings is 1. The normalized spacial score (nSPS) is 12.7. The van der Waals surface area contributed by atoms with Crippen LogP contribution in [0.4, 0.5) is 0 Å². The molecule has 96 valence electrons. The Morgan fingerprint density at radius 2 is 2.11 bits per heavy atom. The van der Waals surface area contributed by atoms with E-state index in [4.69, 9.17) is 0 Å². The summed E-state index contributed by atoms with van der Waals surface area (Å²) in [5.74, 6) is 0. The zero-order valence-corrected chi connectivity index (χ0v) is 12.1. The topological polar surface area (TPSA) is 37.8 Å². The molecule has 0 spiro atoms. The molecule has 0 aliphatic heterocycles. The van der Waals surface area contributed by atoms with Crippen LogP contribution in [-0.2, 0) is 6.42 Å². The van der Waals surface area contributed by atoms with Crippen molar-refractivity contribution >= 4 is 11.5 Å². The highest BCUT2D eigenvalue weighted by atomic mass is 32.1. The van der Waals surface area contributed by atoms with Gasteiger partial charge in [-0.15, -0.1) is 5.10 Å². The Hall–Kier alpha value is -1.26. The van der Waals surface area contributed by atoms with E-state index in [9.17, 15) is 0 Å². The van der Waals surface area contributed by atoms with Crippen molar-refractivity contribution in [3.63, 3.8) is 0 Å². The fourth-order valence-corrected chi connectivity index (χ4v) is 3.05. The molecule has 0 aliphatic rings. The molecule has 3 nitrogen and oxygen atoms in total. The van der Waals surface area contributed by atoms with Gasteiger partial charge in [0.05, 0.1) is 16.6 Å². The number of rotatable bonds is 4. The van der Waals surface area contributed by atoms with Gasteiger partial charge in [0.1, 0.15) is 0 Å². The third kappa shape index (κ3) is 2.44. The fraction of sp³-hybridized carbons (Fsp3) is 0.429. The lowest BCUT2D eigenvalue weighted by Crippen LogP contribution is -2.19. The van der Waals surface area contributed by atoms with Gasteiger partial charge in [-0.1, -0.05) is 35.2 Å². The summed E-state index contributed by atoms with van der Waals surface area (Å²) >= 11 is 1.49. The average Bonchev–Trinajstić information content (AvgIpc) is 2.83. The Morgan fingerprint density at radius 3 is 2.78 bits per heavy atom. The van der Waals surface area contributed by atoms with Gasteiger partial charge in [0.25, 0.3) is 0 Å². The summed E-state index contributed by atoms with van der Waals surface area (Å²) in [4.78, 5) is 1.23. The van der Waals surface area contributed by atoms with Gasteiger partial charge in [0.2, 0.25) is 0 Å². The lowest BCUT2D eigenvalue weighted by molar-refractivity contribution is 0.688. The largest absolute Gasteiger partial charge is 0.309 e. The Balaban J connectivity index is 2.48. The molecule has 1 aromatic carbocycles. The van der Waals surface area contributed by atoms with Crippen LogP contribution in [0.5, 0.6) is 0 Å². The molecule has 1 N–H and O–H groups in total. The van der Waals surface area contributed by atoms with E-state index in [1.165, 1.54) is 33.1 Å². The minimum atomic E-state index is 0.194. The van der Waals surface area contributed by atoms with Crippen LogP contribution in [0.1, 0.15) is 40.2 Å². The second kappa shape index (κ2) is 5.59. The van der Waals surface area contributed by atoms with Crippen LogP contribution >= 0.6 is 11.5 Å². The van der Waals surface area contributed by atoms with Crippen molar-refractivity contribution in [3.8, 4) is 0 Å². The molecule has 18 heavy (non-hydrogen) atoms. The van der Waals surface area contributed by atoms with Gasteiger partial charge >= 0.3 is 0 Å². The van der Waals surface area contributed by atoms with Crippen LogP contribution in [0.3, 0.4) is 0 Å². The van der Waals surface area contributed by atoms with Crippen LogP contribution in [0, 0.1) is 13.8 Å². The summed E-state index contributed by atoms with van der Waals surface area (Å²) in [6.45, 7) is 6.40. The third-order valence-corrected chi connectivity index (χ3v) is 4.05. The molecule has 0 saturated carbocycles. The maximum atomic E-state index is 4.21. The van der Waals surface area contributed by atoms with E-state index >= 15 is 0 Å². The summed E-state index contributed by atoms with van der Waals surface area (Å²) < 4.78 is 4.09. The van der Waals surface area contributed by atoms with Crippen LogP contribution in [0.15, 0.2) is 18.2 Å². The molecule has 1 unspecified atom stereocenters. The quantitative estimate of drug-likeness (QED) is 0.919. The van der Waals surface area contributed by atoms with Crippen molar-refractivity contribution in [1.82, 2.24) is 14.9 Å².